The second-order valence-corrected chi connectivity index (χ2v) is 7.49. The molecular weight excluding hydrogens is 416 g/mol. The highest BCUT2D eigenvalue weighted by atomic mass is 16.5. The number of carbonyl (C=O) groups is 2. The maximum Gasteiger partial charge on any atom is 0.407 e. The normalized spacial score (nSPS) is 11.5. The number of alkyl carbamates (subject to hydrolysis) is 1. The minimum atomic E-state index is -0.468. The second kappa shape index (κ2) is 10.5. The molecule has 6 heteroatoms. The molecular formula is C27H24N2O4. The van der Waals surface area contributed by atoms with Gasteiger partial charge in [0.05, 0.1) is 12.2 Å². The highest BCUT2D eigenvalue weighted by molar-refractivity contribution is 5.89. The predicted octanol–water partition coefficient (Wildman–Crippen LogP) is 4.54. The molecule has 0 unspecified atom stereocenters. The average molecular weight is 440 g/mol. The number of hydrogen-bond donors (Lipinski definition) is 1. The van der Waals surface area contributed by atoms with E-state index >= 15 is 0 Å². The minimum absolute atomic E-state index is 0.0297. The van der Waals surface area contributed by atoms with Gasteiger partial charge in [0.25, 0.3) is 0 Å². The van der Waals surface area contributed by atoms with E-state index in [0.29, 0.717) is 30.7 Å². The maximum atomic E-state index is 12.2. The molecule has 1 aliphatic carbocycles. The monoisotopic (exact) mass is 440 g/mol. The number of aromatic nitrogens is 1. The molecule has 0 spiro atoms. The van der Waals surface area contributed by atoms with Crippen molar-refractivity contribution in [3.8, 4) is 23.0 Å². The fourth-order valence-electron chi connectivity index (χ4n) is 3.88. The maximum absolute atomic E-state index is 12.2. The van der Waals surface area contributed by atoms with Gasteiger partial charge in [0.1, 0.15) is 6.61 Å². The lowest BCUT2D eigenvalue weighted by atomic mass is 9.98. The van der Waals surface area contributed by atoms with Crippen LogP contribution in [0.15, 0.2) is 67.0 Å². The standard InChI is InChI=1S/C27H24N2O4/c1-2-32-26(30)20-15-19(16-28-17-20)9-7-8-14-29-27(31)33-18-25-23-12-5-3-10-21(23)22-11-4-6-13-24(22)25/h3-6,10-13,15-17,25H,2,8,14,18H2,1H3,(H,29,31). The van der Waals surface area contributed by atoms with E-state index in [0.717, 1.165) is 0 Å². The van der Waals surface area contributed by atoms with Crippen molar-refractivity contribution in [2.75, 3.05) is 19.8 Å². The Balaban J connectivity index is 1.26. The van der Waals surface area contributed by atoms with Crippen molar-refractivity contribution in [3.63, 3.8) is 0 Å². The van der Waals surface area contributed by atoms with Crippen molar-refractivity contribution in [1.29, 1.82) is 0 Å². The van der Waals surface area contributed by atoms with Crippen molar-refractivity contribution >= 4 is 12.1 Å². The molecule has 166 valence electrons. The number of benzene rings is 2. The lowest BCUT2D eigenvalue weighted by Gasteiger charge is -2.14. The first-order chi connectivity index (χ1) is 16.2. The zero-order valence-electron chi connectivity index (χ0n) is 18.3. The van der Waals surface area contributed by atoms with Crippen molar-refractivity contribution in [2.24, 2.45) is 0 Å². The van der Waals surface area contributed by atoms with E-state index in [2.05, 4.69) is 46.4 Å². The van der Waals surface area contributed by atoms with Gasteiger partial charge < -0.3 is 14.8 Å². The van der Waals surface area contributed by atoms with E-state index in [-0.39, 0.29) is 12.5 Å². The van der Waals surface area contributed by atoms with Crippen LogP contribution in [0, 0.1) is 11.8 Å². The van der Waals surface area contributed by atoms with E-state index in [1.807, 2.05) is 24.3 Å². The van der Waals surface area contributed by atoms with E-state index in [1.165, 1.54) is 28.5 Å². The molecule has 1 aliphatic rings. The first kappa shape index (κ1) is 22.1. The smallest absolute Gasteiger partial charge is 0.407 e. The van der Waals surface area contributed by atoms with Gasteiger partial charge in [0.2, 0.25) is 0 Å². The second-order valence-electron chi connectivity index (χ2n) is 7.49. The van der Waals surface area contributed by atoms with Crippen molar-refractivity contribution in [2.45, 2.75) is 19.3 Å². The number of ether oxygens (including phenoxy) is 2. The Labute approximate surface area is 193 Å². The summed E-state index contributed by atoms with van der Waals surface area (Å²) in [5.74, 6) is 5.51. The Morgan fingerprint density at radius 3 is 2.39 bits per heavy atom. The zero-order valence-corrected chi connectivity index (χ0v) is 18.3. The van der Waals surface area contributed by atoms with Crippen LogP contribution >= 0.6 is 0 Å². The number of nitrogens with one attached hydrogen (secondary N) is 1. The van der Waals surface area contributed by atoms with Crippen LogP contribution in [0.1, 0.15) is 46.3 Å². The van der Waals surface area contributed by atoms with E-state index in [4.69, 9.17) is 9.47 Å². The van der Waals surface area contributed by atoms with Crippen LogP contribution in [0.2, 0.25) is 0 Å². The van der Waals surface area contributed by atoms with Gasteiger partial charge in [-0.05, 0) is 35.2 Å². The van der Waals surface area contributed by atoms with Crippen LogP contribution in [0.4, 0.5) is 4.79 Å². The lowest BCUT2D eigenvalue weighted by Crippen LogP contribution is -2.26. The molecule has 4 rings (SSSR count). The molecule has 3 aromatic rings. The summed E-state index contributed by atoms with van der Waals surface area (Å²) in [6.45, 7) is 2.68. The first-order valence-corrected chi connectivity index (χ1v) is 10.9. The number of rotatable bonds is 6. The summed E-state index contributed by atoms with van der Waals surface area (Å²) in [6, 6.07) is 18.1. The highest BCUT2D eigenvalue weighted by Crippen LogP contribution is 2.44. The average Bonchev–Trinajstić information content (AvgIpc) is 3.16. The number of carbonyl (C=O) groups excluding carboxylic acids is 2. The third kappa shape index (κ3) is 5.21. The summed E-state index contributed by atoms with van der Waals surface area (Å²) in [6.07, 6.45) is 2.99. The van der Waals surface area contributed by atoms with Crippen LogP contribution < -0.4 is 5.32 Å². The summed E-state index contributed by atoms with van der Waals surface area (Å²) in [5, 5.41) is 2.73. The molecule has 6 nitrogen and oxygen atoms in total. The molecule has 1 N–H and O–H groups in total. The topological polar surface area (TPSA) is 77.5 Å². The van der Waals surface area contributed by atoms with Gasteiger partial charge in [-0.2, -0.15) is 0 Å². The number of fused-ring (bicyclic) bond motifs is 3. The number of nitrogens with zero attached hydrogens (tertiary/aromatic N) is 1. The lowest BCUT2D eigenvalue weighted by molar-refractivity contribution is 0.0525. The molecule has 1 aromatic heterocycles. The summed E-state index contributed by atoms with van der Waals surface area (Å²) >= 11 is 0. The Morgan fingerprint density at radius 1 is 1.00 bits per heavy atom. The van der Waals surface area contributed by atoms with E-state index < -0.39 is 12.1 Å². The van der Waals surface area contributed by atoms with Crippen molar-refractivity contribution in [3.05, 3.63) is 89.2 Å². The molecule has 1 amide bonds. The van der Waals surface area contributed by atoms with Gasteiger partial charge in [-0.25, -0.2) is 9.59 Å². The van der Waals surface area contributed by atoms with Crippen molar-refractivity contribution < 1.29 is 19.1 Å². The van der Waals surface area contributed by atoms with Gasteiger partial charge in [-0.3, -0.25) is 4.98 Å². The van der Waals surface area contributed by atoms with Gasteiger partial charge in [-0.15, -0.1) is 0 Å². The van der Waals surface area contributed by atoms with Crippen LogP contribution in [0.3, 0.4) is 0 Å². The predicted molar refractivity (Wildman–Crippen MR) is 125 cm³/mol. The molecule has 0 saturated heterocycles. The Kier molecular flexibility index (Phi) is 7.01. The molecule has 33 heavy (non-hydrogen) atoms. The number of amides is 1. The fraction of sp³-hybridized carbons (Fsp3) is 0.222. The Morgan fingerprint density at radius 2 is 1.70 bits per heavy atom. The molecule has 0 fully saturated rings. The summed E-state index contributed by atoms with van der Waals surface area (Å²) in [7, 11) is 0. The number of pyridine rings is 1. The Hall–Kier alpha value is -4.11. The molecule has 1 heterocycles. The summed E-state index contributed by atoms with van der Waals surface area (Å²) in [5.41, 5.74) is 5.71. The third-order valence-electron chi connectivity index (χ3n) is 5.35. The minimum Gasteiger partial charge on any atom is -0.462 e. The quantitative estimate of drug-likeness (QED) is 0.346. The van der Waals surface area contributed by atoms with Gasteiger partial charge in [-0.1, -0.05) is 60.4 Å². The van der Waals surface area contributed by atoms with Crippen LogP contribution in [0.25, 0.3) is 11.1 Å². The van der Waals surface area contributed by atoms with E-state index in [9.17, 15) is 9.59 Å². The highest BCUT2D eigenvalue weighted by Gasteiger charge is 2.28. The molecule has 0 radical (unpaired) electrons. The summed E-state index contributed by atoms with van der Waals surface area (Å²) in [4.78, 5) is 28.0. The Bertz CT molecular complexity index is 1180. The van der Waals surface area contributed by atoms with Crippen LogP contribution in [-0.4, -0.2) is 36.8 Å². The fourth-order valence-corrected chi connectivity index (χ4v) is 3.88. The summed E-state index contributed by atoms with van der Waals surface area (Å²) < 4.78 is 10.5. The molecule has 0 atom stereocenters. The van der Waals surface area contributed by atoms with E-state index in [1.54, 1.807) is 19.2 Å². The van der Waals surface area contributed by atoms with Crippen LogP contribution in [0.5, 0.6) is 0 Å². The SMILES string of the molecule is CCOC(=O)c1cncc(C#CCCNC(=O)OCC2c3ccccc3-c3ccccc32)c1. The van der Waals surface area contributed by atoms with Crippen molar-refractivity contribution in [1.82, 2.24) is 10.3 Å². The van der Waals surface area contributed by atoms with Gasteiger partial charge in [0, 0.05) is 36.8 Å². The molecule has 2 aromatic carbocycles. The number of hydrogen-bond acceptors (Lipinski definition) is 5. The molecule has 0 saturated carbocycles. The number of esters is 1. The first-order valence-electron chi connectivity index (χ1n) is 10.9. The van der Waals surface area contributed by atoms with Gasteiger partial charge in [0.15, 0.2) is 0 Å². The zero-order chi connectivity index (χ0) is 23.0. The van der Waals surface area contributed by atoms with Crippen LogP contribution in [-0.2, 0) is 9.47 Å². The largest absolute Gasteiger partial charge is 0.462 e. The van der Waals surface area contributed by atoms with Gasteiger partial charge >= 0.3 is 12.1 Å². The molecule has 0 aliphatic heterocycles. The molecule has 0 bridgehead atoms. The third-order valence-corrected chi connectivity index (χ3v) is 5.35.